The summed E-state index contributed by atoms with van der Waals surface area (Å²) >= 11 is 1.36. The fourth-order valence-electron chi connectivity index (χ4n) is 2.66. The molecule has 0 spiro atoms. The van der Waals surface area contributed by atoms with E-state index in [0.29, 0.717) is 23.1 Å². The van der Waals surface area contributed by atoms with E-state index in [-0.39, 0.29) is 36.0 Å². The zero-order valence-electron chi connectivity index (χ0n) is 17.0. The van der Waals surface area contributed by atoms with Crippen LogP contribution in [0.1, 0.15) is 51.4 Å². The first-order valence-corrected chi connectivity index (χ1v) is 9.94. The number of carbonyl (C=O) groups is 1. The molecule has 0 saturated heterocycles. The average molecular weight is 516 g/mol. The lowest BCUT2D eigenvalue weighted by Crippen LogP contribution is -2.39. The second-order valence-electron chi connectivity index (χ2n) is 6.23. The molecule has 0 aliphatic carbocycles. The lowest BCUT2D eigenvalue weighted by molar-refractivity contribution is 0.0531. The number of aromatic nitrogens is 1. The molecular formula is C20H29IN4O2S. The summed E-state index contributed by atoms with van der Waals surface area (Å²) < 4.78 is 5.08. The van der Waals surface area contributed by atoms with Crippen molar-refractivity contribution in [1.29, 1.82) is 0 Å². The normalized spacial score (nSPS) is 12.1. The van der Waals surface area contributed by atoms with Crippen molar-refractivity contribution in [2.24, 2.45) is 4.99 Å². The van der Waals surface area contributed by atoms with Crippen LogP contribution in [0.4, 0.5) is 0 Å². The number of thiazole rings is 1. The van der Waals surface area contributed by atoms with E-state index in [4.69, 9.17) is 4.74 Å². The number of hydrogen-bond donors (Lipinski definition) is 2. The van der Waals surface area contributed by atoms with Crippen LogP contribution in [0, 0.1) is 13.8 Å². The van der Waals surface area contributed by atoms with E-state index in [0.717, 1.165) is 18.0 Å². The summed E-state index contributed by atoms with van der Waals surface area (Å²) in [6, 6.07) is 8.31. The standard InChI is InChI=1S/C20H28N4O2S.HI/c1-6-26-19(25)17-14(3)23-18(27-17)15(4)24-20(21-5)22-12-11-16-10-8-7-9-13(16)2;/h7-10,15H,6,11-12H2,1-5H3,(H2,21,22,24);1H. The summed E-state index contributed by atoms with van der Waals surface area (Å²) in [5.41, 5.74) is 3.31. The number of nitrogens with one attached hydrogen (secondary N) is 2. The van der Waals surface area contributed by atoms with E-state index in [2.05, 4.69) is 51.8 Å². The van der Waals surface area contributed by atoms with Crippen molar-refractivity contribution in [3.05, 3.63) is 51.0 Å². The van der Waals surface area contributed by atoms with Crippen LogP contribution in [0.5, 0.6) is 0 Å². The van der Waals surface area contributed by atoms with Crippen LogP contribution >= 0.6 is 35.3 Å². The summed E-state index contributed by atoms with van der Waals surface area (Å²) in [7, 11) is 1.74. The molecule has 2 N–H and O–H groups in total. The highest BCUT2D eigenvalue weighted by atomic mass is 127. The lowest BCUT2D eigenvalue weighted by Gasteiger charge is -2.16. The van der Waals surface area contributed by atoms with E-state index in [9.17, 15) is 4.79 Å². The molecule has 0 saturated carbocycles. The highest BCUT2D eigenvalue weighted by Crippen LogP contribution is 2.24. The SMILES string of the molecule is CCOC(=O)c1sc(C(C)NC(=NC)NCCc2ccccc2C)nc1C.I. The number of esters is 1. The van der Waals surface area contributed by atoms with Gasteiger partial charge in [0.1, 0.15) is 9.88 Å². The van der Waals surface area contributed by atoms with E-state index in [1.54, 1.807) is 14.0 Å². The number of nitrogens with zero attached hydrogens (tertiary/aromatic N) is 2. The third-order valence-corrected chi connectivity index (χ3v) is 5.49. The van der Waals surface area contributed by atoms with Crippen LogP contribution in [-0.2, 0) is 11.2 Å². The number of hydrogen-bond acceptors (Lipinski definition) is 5. The lowest BCUT2D eigenvalue weighted by atomic mass is 10.1. The predicted molar refractivity (Wildman–Crippen MR) is 126 cm³/mol. The van der Waals surface area contributed by atoms with Crippen molar-refractivity contribution in [2.45, 2.75) is 40.2 Å². The van der Waals surface area contributed by atoms with Gasteiger partial charge in [-0.25, -0.2) is 9.78 Å². The molecule has 154 valence electrons. The highest BCUT2D eigenvalue weighted by molar-refractivity contribution is 14.0. The Labute approximate surface area is 188 Å². The van der Waals surface area contributed by atoms with Crippen LogP contribution in [-0.4, -0.2) is 37.1 Å². The predicted octanol–water partition coefficient (Wildman–Crippen LogP) is 4.02. The molecule has 0 amide bonds. The van der Waals surface area contributed by atoms with E-state index in [1.165, 1.54) is 22.5 Å². The first kappa shape index (κ1) is 24.4. The van der Waals surface area contributed by atoms with Crippen LogP contribution in [0.15, 0.2) is 29.3 Å². The number of halogens is 1. The monoisotopic (exact) mass is 516 g/mol. The number of carbonyl (C=O) groups excluding carboxylic acids is 1. The van der Waals surface area contributed by atoms with Crippen molar-refractivity contribution in [2.75, 3.05) is 20.2 Å². The maximum absolute atomic E-state index is 12.0. The fourth-order valence-corrected chi connectivity index (χ4v) is 3.62. The van der Waals surface area contributed by atoms with Gasteiger partial charge in [-0.15, -0.1) is 35.3 Å². The summed E-state index contributed by atoms with van der Waals surface area (Å²) in [5.74, 6) is 0.397. The Bertz CT molecular complexity index is 807. The minimum Gasteiger partial charge on any atom is -0.462 e. The zero-order chi connectivity index (χ0) is 19.8. The van der Waals surface area contributed by atoms with Gasteiger partial charge in [-0.05, 0) is 45.2 Å². The Hall–Kier alpha value is -1.68. The Balaban J connectivity index is 0.00000392. The minimum absolute atomic E-state index is 0. The Kier molecular flexibility index (Phi) is 10.4. The van der Waals surface area contributed by atoms with Crippen LogP contribution in [0.25, 0.3) is 0 Å². The molecule has 0 radical (unpaired) electrons. The second-order valence-corrected chi connectivity index (χ2v) is 7.26. The molecular weight excluding hydrogens is 487 g/mol. The molecule has 28 heavy (non-hydrogen) atoms. The Morgan fingerprint density at radius 1 is 1.32 bits per heavy atom. The largest absolute Gasteiger partial charge is 0.462 e. The van der Waals surface area contributed by atoms with E-state index in [1.807, 2.05) is 13.8 Å². The van der Waals surface area contributed by atoms with E-state index < -0.39 is 0 Å². The van der Waals surface area contributed by atoms with Gasteiger partial charge in [0.2, 0.25) is 0 Å². The quantitative estimate of drug-likeness (QED) is 0.252. The third kappa shape index (κ3) is 6.73. The number of guanidine groups is 1. The molecule has 2 aromatic rings. The average Bonchev–Trinajstić information content (AvgIpc) is 3.04. The maximum atomic E-state index is 12.0. The Morgan fingerprint density at radius 3 is 2.68 bits per heavy atom. The maximum Gasteiger partial charge on any atom is 0.350 e. The Morgan fingerprint density at radius 2 is 2.04 bits per heavy atom. The summed E-state index contributed by atoms with van der Waals surface area (Å²) in [6.45, 7) is 8.89. The molecule has 1 aromatic heterocycles. The molecule has 2 rings (SSSR count). The van der Waals surface area contributed by atoms with Crippen LogP contribution in [0.3, 0.4) is 0 Å². The number of ether oxygens (including phenoxy) is 1. The fraction of sp³-hybridized carbons (Fsp3) is 0.450. The number of aliphatic imine (C=N–C) groups is 1. The van der Waals surface area contributed by atoms with Crippen LogP contribution in [0.2, 0.25) is 0 Å². The third-order valence-electron chi connectivity index (χ3n) is 4.17. The molecule has 6 nitrogen and oxygen atoms in total. The molecule has 1 heterocycles. The molecule has 1 aromatic carbocycles. The van der Waals surface area contributed by atoms with Crippen molar-refractivity contribution >= 4 is 47.2 Å². The molecule has 1 atom stereocenters. The second kappa shape index (κ2) is 12.0. The smallest absolute Gasteiger partial charge is 0.350 e. The van der Waals surface area contributed by atoms with Gasteiger partial charge in [0.15, 0.2) is 5.96 Å². The molecule has 0 fully saturated rings. The van der Waals surface area contributed by atoms with Gasteiger partial charge in [-0.2, -0.15) is 0 Å². The summed E-state index contributed by atoms with van der Waals surface area (Å²) in [6.07, 6.45) is 0.922. The number of aryl methyl sites for hydroxylation is 2. The molecule has 8 heteroatoms. The van der Waals surface area contributed by atoms with Gasteiger partial charge in [-0.3, -0.25) is 4.99 Å². The van der Waals surface area contributed by atoms with Gasteiger partial charge in [-0.1, -0.05) is 24.3 Å². The minimum atomic E-state index is -0.313. The van der Waals surface area contributed by atoms with Gasteiger partial charge in [0, 0.05) is 13.6 Å². The van der Waals surface area contributed by atoms with Crippen molar-refractivity contribution in [3.8, 4) is 0 Å². The molecule has 0 aliphatic heterocycles. The number of rotatable bonds is 7. The van der Waals surface area contributed by atoms with Crippen LogP contribution < -0.4 is 10.6 Å². The molecule has 0 bridgehead atoms. The zero-order valence-corrected chi connectivity index (χ0v) is 20.2. The summed E-state index contributed by atoms with van der Waals surface area (Å²) in [4.78, 5) is 21.3. The van der Waals surface area contributed by atoms with Gasteiger partial charge >= 0.3 is 5.97 Å². The van der Waals surface area contributed by atoms with Crippen molar-refractivity contribution < 1.29 is 9.53 Å². The summed E-state index contributed by atoms with van der Waals surface area (Å²) in [5, 5.41) is 7.50. The molecule has 0 aliphatic rings. The number of benzene rings is 1. The first-order valence-electron chi connectivity index (χ1n) is 9.12. The van der Waals surface area contributed by atoms with Gasteiger partial charge < -0.3 is 15.4 Å². The molecule has 1 unspecified atom stereocenters. The van der Waals surface area contributed by atoms with E-state index >= 15 is 0 Å². The van der Waals surface area contributed by atoms with Crippen molar-refractivity contribution in [3.63, 3.8) is 0 Å². The topological polar surface area (TPSA) is 75.6 Å². The highest BCUT2D eigenvalue weighted by Gasteiger charge is 2.20. The van der Waals surface area contributed by atoms with Gasteiger partial charge in [0.05, 0.1) is 18.3 Å². The first-order chi connectivity index (χ1) is 13.0. The van der Waals surface area contributed by atoms with Crippen molar-refractivity contribution in [1.82, 2.24) is 15.6 Å². The van der Waals surface area contributed by atoms with Gasteiger partial charge in [0.25, 0.3) is 0 Å².